The van der Waals surface area contributed by atoms with Crippen molar-refractivity contribution in [3.05, 3.63) is 29.8 Å². The quantitative estimate of drug-likeness (QED) is 0.865. The molecular weight excluding hydrogens is 262 g/mol. The Balaban J connectivity index is 2.33. The third-order valence-corrected chi connectivity index (χ3v) is 4.83. The number of benzene rings is 1. The molecule has 1 aromatic rings. The summed E-state index contributed by atoms with van der Waals surface area (Å²) in [5.74, 6) is -1.78. The minimum absolute atomic E-state index is 0.142. The predicted octanol–water partition coefficient (Wildman–Crippen LogP) is 1.12. The SMILES string of the molecule is NCC1(NS(=O)(=O)c2cc(F)ccc2F)CCC1. The van der Waals surface area contributed by atoms with Crippen LogP contribution in [0.2, 0.25) is 0 Å². The molecule has 0 bridgehead atoms. The summed E-state index contributed by atoms with van der Waals surface area (Å²) >= 11 is 0. The summed E-state index contributed by atoms with van der Waals surface area (Å²) in [5, 5.41) is 0. The van der Waals surface area contributed by atoms with Crippen molar-refractivity contribution in [2.24, 2.45) is 5.73 Å². The van der Waals surface area contributed by atoms with Crippen LogP contribution in [0.1, 0.15) is 19.3 Å². The lowest BCUT2D eigenvalue weighted by Crippen LogP contribution is -2.58. The molecular formula is C11H14F2N2O2S. The Kier molecular flexibility index (Phi) is 3.39. The second-order valence-electron chi connectivity index (χ2n) is 4.52. The molecule has 100 valence electrons. The lowest BCUT2D eigenvalue weighted by atomic mass is 9.78. The summed E-state index contributed by atoms with van der Waals surface area (Å²) in [4.78, 5) is -0.678. The third kappa shape index (κ3) is 2.38. The van der Waals surface area contributed by atoms with Crippen LogP contribution in [0.4, 0.5) is 8.78 Å². The number of sulfonamides is 1. The lowest BCUT2D eigenvalue weighted by molar-refractivity contribution is 0.230. The van der Waals surface area contributed by atoms with Crippen LogP contribution >= 0.6 is 0 Å². The Morgan fingerprint density at radius 2 is 2.00 bits per heavy atom. The van der Waals surface area contributed by atoms with Crippen molar-refractivity contribution in [2.45, 2.75) is 29.7 Å². The number of hydrogen-bond donors (Lipinski definition) is 2. The number of nitrogens with one attached hydrogen (secondary N) is 1. The molecule has 2 rings (SSSR count). The molecule has 0 radical (unpaired) electrons. The molecule has 18 heavy (non-hydrogen) atoms. The van der Waals surface area contributed by atoms with E-state index in [1.807, 2.05) is 0 Å². The van der Waals surface area contributed by atoms with Gasteiger partial charge in [0.1, 0.15) is 16.5 Å². The second-order valence-corrected chi connectivity index (χ2v) is 6.17. The first-order valence-corrected chi connectivity index (χ1v) is 7.06. The van der Waals surface area contributed by atoms with Crippen LogP contribution < -0.4 is 10.5 Å². The van der Waals surface area contributed by atoms with Crippen LogP contribution in [0.25, 0.3) is 0 Å². The van der Waals surface area contributed by atoms with Gasteiger partial charge >= 0.3 is 0 Å². The minimum atomic E-state index is -4.09. The third-order valence-electron chi connectivity index (χ3n) is 3.24. The topological polar surface area (TPSA) is 72.2 Å². The van der Waals surface area contributed by atoms with E-state index in [0.717, 1.165) is 18.6 Å². The first-order chi connectivity index (χ1) is 8.38. The number of halogens is 2. The van der Waals surface area contributed by atoms with E-state index < -0.39 is 32.1 Å². The van der Waals surface area contributed by atoms with Crippen LogP contribution in [0.5, 0.6) is 0 Å². The highest BCUT2D eigenvalue weighted by atomic mass is 32.2. The Morgan fingerprint density at radius 1 is 1.33 bits per heavy atom. The van der Waals surface area contributed by atoms with E-state index in [-0.39, 0.29) is 6.54 Å². The molecule has 0 unspecified atom stereocenters. The van der Waals surface area contributed by atoms with Gasteiger partial charge in [0.2, 0.25) is 10.0 Å². The van der Waals surface area contributed by atoms with Crippen molar-refractivity contribution in [3.63, 3.8) is 0 Å². The maximum absolute atomic E-state index is 13.4. The fourth-order valence-corrected chi connectivity index (χ4v) is 3.53. The van der Waals surface area contributed by atoms with Gasteiger partial charge in [0.05, 0.1) is 0 Å². The average molecular weight is 276 g/mol. The van der Waals surface area contributed by atoms with Gasteiger partial charge in [-0.3, -0.25) is 0 Å². The van der Waals surface area contributed by atoms with Gasteiger partial charge in [0.25, 0.3) is 0 Å². The van der Waals surface area contributed by atoms with Crippen LogP contribution in [-0.4, -0.2) is 20.5 Å². The van der Waals surface area contributed by atoms with E-state index in [1.165, 1.54) is 0 Å². The zero-order valence-corrected chi connectivity index (χ0v) is 10.4. The zero-order chi connectivity index (χ0) is 13.4. The largest absolute Gasteiger partial charge is 0.329 e. The van der Waals surface area contributed by atoms with Crippen LogP contribution in [0, 0.1) is 11.6 Å². The monoisotopic (exact) mass is 276 g/mol. The van der Waals surface area contributed by atoms with Crippen molar-refractivity contribution in [3.8, 4) is 0 Å². The highest BCUT2D eigenvalue weighted by Crippen LogP contribution is 2.32. The number of rotatable bonds is 4. The van der Waals surface area contributed by atoms with Gasteiger partial charge in [-0.15, -0.1) is 0 Å². The molecule has 1 aliphatic rings. The Bertz CT molecular complexity index is 551. The highest BCUT2D eigenvalue weighted by Gasteiger charge is 2.40. The normalized spacial score (nSPS) is 18.4. The average Bonchev–Trinajstić information content (AvgIpc) is 2.27. The molecule has 0 saturated heterocycles. The smallest absolute Gasteiger partial charge is 0.244 e. The van der Waals surface area contributed by atoms with Crippen molar-refractivity contribution < 1.29 is 17.2 Å². The fraction of sp³-hybridized carbons (Fsp3) is 0.455. The molecule has 0 amide bonds. The minimum Gasteiger partial charge on any atom is -0.329 e. The van der Waals surface area contributed by atoms with Crippen molar-refractivity contribution >= 4 is 10.0 Å². The number of nitrogens with two attached hydrogens (primary N) is 1. The van der Waals surface area contributed by atoms with Gasteiger partial charge in [0.15, 0.2) is 0 Å². The highest BCUT2D eigenvalue weighted by molar-refractivity contribution is 7.89. The molecule has 0 spiro atoms. The predicted molar refractivity (Wildman–Crippen MR) is 62.3 cm³/mol. The van der Waals surface area contributed by atoms with E-state index in [4.69, 9.17) is 5.73 Å². The van der Waals surface area contributed by atoms with E-state index >= 15 is 0 Å². The first-order valence-electron chi connectivity index (χ1n) is 5.58. The summed E-state index contributed by atoms with van der Waals surface area (Å²) < 4.78 is 52.8. The molecule has 0 aromatic heterocycles. The Labute approximate surface area is 104 Å². The summed E-state index contributed by atoms with van der Waals surface area (Å²) in [6.07, 6.45) is 2.09. The van der Waals surface area contributed by atoms with Gasteiger partial charge in [-0.05, 0) is 37.5 Å². The van der Waals surface area contributed by atoms with E-state index in [0.29, 0.717) is 18.9 Å². The molecule has 1 saturated carbocycles. The standard InChI is InChI=1S/C11H14F2N2O2S/c12-8-2-3-9(13)10(6-8)18(16,17)15-11(7-14)4-1-5-11/h2-3,6,15H,1,4-5,7,14H2. The number of hydrogen-bond acceptors (Lipinski definition) is 3. The van der Waals surface area contributed by atoms with Gasteiger partial charge < -0.3 is 5.73 Å². The Hall–Kier alpha value is -1.05. The summed E-state index contributed by atoms with van der Waals surface area (Å²) in [7, 11) is -4.09. The van der Waals surface area contributed by atoms with Crippen molar-refractivity contribution in [1.29, 1.82) is 0 Å². The lowest BCUT2D eigenvalue weighted by Gasteiger charge is -2.41. The second kappa shape index (κ2) is 4.56. The molecule has 1 fully saturated rings. The molecule has 1 aliphatic carbocycles. The molecule has 0 heterocycles. The molecule has 0 aliphatic heterocycles. The Morgan fingerprint density at radius 3 is 2.50 bits per heavy atom. The van der Waals surface area contributed by atoms with E-state index in [1.54, 1.807) is 0 Å². The van der Waals surface area contributed by atoms with Crippen LogP contribution in [0.3, 0.4) is 0 Å². The van der Waals surface area contributed by atoms with Gasteiger partial charge in [-0.1, -0.05) is 0 Å². The fourth-order valence-electron chi connectivity index (χ4n) is 1.97. The van der Waals surface area contributed by atoms with Crippen LogP contribution in [0.15, 0.2) is 23.1 Å². The maximum Gasteiger partial charge on any atom is 0.244 e. The zero-order valence-electron chi connectivity index (χ0n) is 9.62. The summed E-state index contributed by atoms with van der Waals surface area (Å²) in [5.41, 5.74) is 4.82. The van der Waals surface area contributed by atoms with E-state index in [2.05, 4.69) is 4.72 Å². The summed E-state index contributed by atoms with van der Waals surface area (Å²) in [6.45, 7) is 0.142. The molecule has 3 N–H and O–H groups in total. The maximum atomic E-state index is 13.4. The molecule has 0 atom stereocenters. The van der Waals surface area contributed by atoms with E-state index in [9.17, 15) is 17.2 Å². The summed E-state index contributed by atoms with van der Waals surface area (Å²) in [6, 6.07) is 2.33. The molecule has 7 heteroatoms. The van der Waals surface area contributed by atoms with Crippen LogP contribution in [-0.2, 0) is 10.0 Å². The van der Waals surface area contributed by atoms with Gasteiger partial charge in [0, 0.05) is 12.1 Å². The molecule has 4 nitrogen and oxygen atoms in total. The van der Waals surface area contributed by atoms with Gasteiger partial charge in [-0.2, -0.15) is 0 Å². The van der Waals surface area contributed by atoms with Crippen molar-refractivity contribution in [2.75, 3.05) is 6.54 Å². The van der Waals surface area contributed by atoms with Gasteiger partial charge in [-0.25, -0.2) is 21.9 Å². The molecule has 1 aromatic carbocycles. The van der Waals surface area contributed by atoms with Crippen molar-refractivity contribution in [1.82, 2.24) is 4.72 Å². The first kappa shape index (κ1) is 13.4.